The first kappa shape index (κ1) is 28.8. The quantitative estimate of drug-likeness (QED) is 0.169. The van der Waals surface area contributed by atoms with Crippen molar-refractivity contribution >= 4 is 34.6 Å². The van der Waals surface area contributed by atoms with Gasteiger partial charge in [0.1, 0.15) is 24.2 Å². The van der Waals surface area contributed by atoms with E-state index in [1.54, 1.807) is 6.20 Å². The zero-order chi connectivity index (χ0) is 27.0. The maximum atomic E-state index is 12.9. The average Bonchev–Trinajstić information content (AvgIpc) is 3.23. The standard InChI is InChI=1S/C24H35N5O7/c1-12(2)8-17(27-23(34)20(25)13(3)31)21(32)29-19(11-30)22(33)28-18(24(35)36)9-14-10-26-16-7-5-4-6-15(14)16/h4-7,10,12-13,17-20,26,30-31H,8-9,11,25H2,1-3H3,(H,27,34)(H,28,33)(H,29,32)(H,35,36). The van der Waals surface area contributed by atoms with Crippen LogP contribution in [0.5, 0.6) is 0 Å². The van der Waals surface area contributed by atoms with E-state index < -0.39 is 60.6 Å². The third kappa shape index (κ3) is 7.77. The molecular formula is C24H35N5O7. The van der Waals surface area contributed by atoms with Crippen molar-refractivity contribution < 1.29 is 34.5 Å². The molecule has 198 valence electrons. The van der Waals surface area contributed by atoms with Crippen molar-refractivity contribution in [1.82, 2.24) is 20.9 Å². The summed E-state index contributed by atoms with van der Waals surface area (Å²) in [6.45, 7) is 4.18. The molecule has 5 atom stereocenters. The molecule has 0 spiro atoms. The van der Waals surface area contributed by atoms with Gasteiger partial charge in [0, 0.05) is 23.5 Å². The van der Waals surface area contributed by atoms with Crippen molar-refractivity contribution in [3.8, 4) is 0 Å². The predicted octanol–water partition coefficient (Wildman–Crippen LogP) is -1.00. The third-order valence-electron chi connectivity index (χ3n) is 5.69. The van der Waals surface area contributed by atoms with Crippen LogP contribution in [-0.2, 0) is 25.6 Å². The first-order valence-electron chi connectivity index (χ1n) is 11.7. The van der Waals surface area contributed by atoms with Crippen LogP contribution in [0.3, 0.4) is 0 Å². The van der Waals surface area contributed by atoms with Crippen molar-refractivity contribution in [2.24, 2.45) is 11.7 Å². The Morgan fingerprint density at radius 2 is 1.53 bits per heavy atom. The Hall–Kier alpha value is -3.48. The van der Waals surface area contributed by atoms with Crippen molar-refractivity contribution in [2.45, 2.75) is 63.9 Å². The normalized spacial score (nSPS) is 15.5. The van der Waals surface area contributed by atoms with Gasteiger partial charge in [0.15, 0.2) is 0 Å². The number of nitrogens with one attached hydrogen (secondary N) is 4. The summed E-state index contributed by atoms with van der Waals surface area (Å²) in [4.78, 5) is 52.8. The molecule has 0 aliphatic carbocycles. The Bertz CT molecular complexity index is 1070. The Kier molecular flexibility index (Phi) is 10.4. The van der Waals surface area contributed by atoms with Crippen LogP contribution in [0.25, 0.3) is 10.9 Å². The Morgan fingerprint density at radius 3 is 2.11 bits per heavy atom. The number of H-pyrrole nitrogens is 1. The van der Waals surface area contributed by atoms with Crippen LogP contribution in [0, 0.1) is 5.92 Å². The molecule has 0 saturated heterocycles. The molecule has 0 aliphatic heterocycles. The molecule has 0 aliphatic rings. The number of aliphatic hydroxyl groups is 2. The van der Waals surface area contributed by atoms with Crippen LogP contribution in [0.1, 0.15) is 32.8 Å². The van der Waals surface area contributed by atoms with E-state index in [-0.39, 0.29) is 18.8 Å². The van der Waals surface area contributed by atoms with Crippen LogP contribution in [0.2, 0.25) is 0 Å². The number of aromatic amines is 1. The summed E-state index contributed by atoms with van der Waals surface area (Å²) in [6.07, 6.45) is 0.687. The van der Waals surface area contributed by atoms with Crippen molar-refractivity contribution in [2.75, 3.05) is 6.61 Å². The van der Waals surface area contributed by atoms with Gasteiger partial charge in [-0.1, -0.05) is 32.0 Å². The number of carboxylic acid groups (broad SMARTS) is 1. The zero-order valence-electron chi connectivity index (χ0n) is 20.5. The molecule has 0 fully saturated rings. The lowest BCUT2D eigenvalue weighted by molar-refractivity contribution is -0.142. The van der Waals surface area contributed by atoms with E-state index in [2.05, 4.69) is 20.9 Å². The van der Waals surface area contributed by atoms with Crippen LogP contribution < -0.4 is 21.7 Å². The smallest absolute Gasteiger partial charge is 0.326 e. The van der Waals surface area contributed by atoms with Gasteiger partial charge in [-0.3, -0.25) is 14.4 Å². The lowest BCUT2D eigenvalue weighted by Crippen LogP contribution is -2.59. The highest BCUT2D eigenvalue weighted by molar-refractivity contribution is 5.94. The number of carbonyl (C=O) groups excluding carboxylic acids is 3. The van der Waals surface area contributed by atoms with Gasteiger partial charge in [-0.15, -0.1) is 0 Å². The number of para-hydroxylation sites is 1. The Labute approximate surface area is 208 Å². The maximum absolute atomic E-state index is 12.9. The van der Waals surface area contributed by atoms with Crippen molar-refractivity contribution in [3.05, 3.63) is 36.0 Å². The second-order valence-corrected chi connectivity index (χ2v) is 9.16. The summed E-state index contributed by atoms with van der Waals surface area (Å²) in [5, 5.41) is 36.9. The van der Waals surface area contributed by atoms with Gasteiger partial charge in [0.25, 0.3) is 0 Å². The van der Waals surface area contributed by atoms with E-state index in [0.717, 1.165) is 10.9 Å². The van der Waals surface area contributed by atoms with Gasteiger partial charge in [-0.25, -0.2) is 4.79 Å². The first-order valence-corrected chi connectivity index (χ1v) is 11.7. The van der Waals surface area contributed by atoms with Gasteiger partial charge in [-0.05, 0) is 30.9 Å². The molecule has 3 amide bonds. The van der Waals surface area contributed by atoms with Crippen LogP contribution in [0.15, 0.2) is 30.5 Å². The van der Waals surface area contributed by atoms with Gasteiger partial charge in [0.2, 0.25) is 17.7 Å². The molecule has 12 nitrogen and oxygen atoms in total. The summed E-state index contributed by atoms with van der Waals surface area (Å²) in [6, 6.07) is 2.18. The molecule has 2 rings (SSSR count). The van der Waals surface area contributed by atoms with E-state index in [1.807, 2.05) is 38.1 Å². The van der Waals surface area contributed by atoms with E-state index >= 15 is 0 Å². The fourth-order valence-electron chi connectivity index (χ4n) is 3.65. The summed E-state index contributed by atoms with van der Waals surface area (Å²) < 4.78 is 0. The number of carboxylic acids is 1. The highest BCUT2D eigenvalue weighted by atomic mass is 16.4. The number of carbonyl (C=O) groups is 4. The molecular weight excluding hydrogens is 470 g/mol. The van der Waals surface area contributed by atoms with Gasteiger partial charge < -0.3 is 42.0 Å². The Balaban J connectivity index is 2.10. The summed E-state index contributed by atoms with van der Waals surface area (Å²) >= 11 is 0. The molecule has 1 heterocycles. The molecule has 0 saturated carbocycles. The number of rotatable bonds is 13. The number of nitrogens with two attached hydrogens (primary N) is 1. The number of aromatic nitrogens is 1. The molecule has 12 heteroatoms. The third-order valence-corrected chi connectivity index (χ3v) is 5.69. The second kappa shape index (κ2) is 13.0. The number of fused-ring (bicyclic) bond motifs is 1. The van der Waals surface area contributed by atoms with Crippen LogP contribution in [-0.4, -0.2) is 80.9 Å². The lowest BCUT2D eigenvalue weighted by Gasteiger charge is -2.25. The zero-order valence-corrected chi connectivity index (χ0v) is 20.5. The molecule has 0 radical (unpaired) electrons. The van der Waals surface area contributed by atoms with Crippen molar-refractivity contribution in [1.29, 1.82) is 0 Å². The van der Waals surface area contributed by atoms with E-state index in [1.165, 1.54) is 6.92 Å². The number of hydrogen-bond acceptors (Lipinski definition) is 7. The molecule has 1 aromatic heterocycles. The molecule has 9 N–H and O–H groups in total. The van der Waals surface area contributed by atoms with E-state index in [9.17, 15) is 34.5 Å². The largest absolute Gasteiger partial charge is 0.480 e. The highest BCUT2D eigenvalue weighted by Crippen LogP contribution is 2.19. The van der Waals surface area contributed by atoms with E-state index in [4.69, 9.17) is 5.73 Å². The number of aliphatic carboxylic acids is 1. The van der Waals surface area contributed by atoms with Crippen LogP contribution >= 0.6 is 0 Å². The highest BCUT2D eigenvalue weighted by Gasteiger charge is 2.31. The summed E-state index contributed by atoms with van der Waals surface area (Å²) in [5.41, 5.74) is 7.13. The summed E-state index contributed by atoms with van der Waals surface area (Å²) in [7, 11) is 0. The van der Waals surface area contributed by atoms with Gasteiger partial charge >= 0.3 is 5.97 Å². The fourth-order valence-corrected chi connectivity index (χ4v) is 3.65. The number of benzene rings is 1. The molecule has 5 unspecified atom stereocenters. The minimum atomic E-state index is -1.46. The first-order chi connectivity index (χ1) is 16.9. The SMILES string of the molecule is CC(C)CC(NC(=O)C(N)C(C)O)C(=O)NC(CO)C(=O)NC(Cc1c[nH]c2ccccc12)C(=O)O. The average molecular weight is 506 g/mol. The fraction of sp³-hybridized carbons (Fsp3) is 0.500. The lowest BCUT2D eigenvalue weighted by atomic mass is 10.0. The van der Waals surface area contributed by atoms with Gasteiger partial charge in [-0.2, -0.15) is 0 Å². The molecule has 1 aromatic carbocycles. The minimum Gasteiger partial charge on any atom is -0.480 e. The molecule has 2 aromatic rings. The van der Waals surface area contributed by atoms with Crippen LogP contribution in [0.4, 0.5) is 0 Å². The maximum Gasteiger partial charge on any atom is 0.326 e. The number of aliphatic hydroxyl groups excluding tert-OH is 2. The second-order valence-electron chi connectivity index (χ2n) is 9.16. The topological polar surface area (TPSA) is 207 Å². The summed E-state index contributed by atoms with van der Waals surface area (Å²) in [5.74, 6) is -3.71. The number of hydrogen-bond donors (Lipinski definition) is 8. The molecule has 0 bridgehead atoms. The Morgan fingerprint density at radius 1 is 0.944 bits per heavy atom. The molecule has 36 heavy (non-hydrogen) atoms. The number of amides is 3. The minimum absolute atomic E-state index is 0.0273. The monoisotopic (exact) mass is 505 g/mol. The predicted molar refractivity (Wildman–Crippen MR) is 132 cm³/mol. The van der Waals surface area contributed by atoms with Gasteiger partial charge in [0.05, 0.1) is 12.7 Å². The van der Waals surface area contributed by atoms with E-state index in [0.29, 0.717) is 5.56 Å². The van der Waals surface area contributed by atoms with Crippen molar-refractivity contribution in [3.63, 3.8) is 0 Å².